The maximum Gasteiger partial charge on any atom is 0.317 e. The molecule has 2 fully saturated rings. The van der Waals surface area contributed by atoms with Crippen LogP contribution in [0, 0.1) is 5.82 Å². The van der Waals surface area contributed by atoms with Crippen LogP contribution in [0.15, 0.2) is 24.3 Å². The molecule has 138 valence electrons. The van der Waals surface area contributed by atoms with Gasteiger partial charge in [-0.25, -0.2) is 9.18 Å². The molecule has 0 bridgehead atoms. The van der Waals surface area contributed by atoms with Gasteiger partial charge in [0.25, 0.3) is 0 Å². The molecular weight excluding hydrogens is 321 g/mol. The van der Waals surface area contributed by atoms with Gasteiger partial charge in [0.05, 0.1) is 0 Å². The lowest BCUT2D eigenvalue weighted by atomic mass is 9.96. The minimum atomic E-state index is -0.327. The highest BCUT2D eigenvalue weighted by atomic mass is 19.1. The van der Waals surface area contributed by atoms with Gasteiger partial charge in [0, 0.05) is 38.8 Å². The number of piperazine rings is 1. The van der Waals surface area contributed by atoms with Crippen molar-refractivity contribution in [2.75, 3.05) is 39.3 Å². The van der Waals surface area contributed by atoms with Crippen molar-refractivity contribution >= 4 is 6.03 Å². The zero-order valence-corrected chi connectivity index (χ0v) is 14.8. The molecule has 1 aliphatic carbocycles. The number of nitrogens with one attached hydrogen (secondary N) is 1. The van der Waals surface area contributed by atoms with Crippen LogP contribution in [0.2, 0.25) is 0 Å². The Morgan fingerprint density at radius 2 is 1.84 bits per heavy atom. The van der Waals surface area contributed by atoms with Crippen molar-refractivity contribution < 1.29 is 13.9 Å². The Morgan fingerprint density at radius 1 is 1.12 bits per heavy atom. The lowest BCUT2D eigenvalue weighted by Gasteiger charge is -2.35. The van der Waals surface area contributed by atoms with Crippen LogP contribution in [0.1, 0.15) is 32.1 Å². The molecule has 1 aromatic carbocycles. The van der Waals surface area contributed by atoms with Crippen molar-refractivity contribution in [2.24, 2.45) is 0 Å². The van der Waals surface area contributed by atoms with E-state index in [2.05, 4.69) is 10.2 Å². The molecule has 1 aromatic rings. The number of nitrogens with zero attached hydrogens (tertiary/aromatic N) is 2. The van der Waals surface area contributed by atoms with Crippen molar-refractivity contribution in [1.29, 1.82) is 0 Å². The molecular formula is C19H28FN3O2. The molecule has 0 radical (unpaired) electrons. The molecule has 1 N–H and O–H groups in total. The van der Waals surface area contributed by atoms with Crippen LogP contribution >= 0.6 is 0 Å². The lowest BCUT2D eigenvalue weighted by Crippen LogP contribution is -2.54. The molecule has 6 heteroatoms. The first-order valence-corrected chi connectivity index (χ1v) is 9.37. The van der Waals surface area contributed by atoms with Crippen molar-refractivity contribution in [3.05, 3.63) is 30.1 Å². The summed E-state index contributed by atoms with van der Waals surface area (Å²) < 4.78 is 19.0. The SMILES string of the molecule is O=C(NC1CCCCC1)N1CCN(CCOc2ccccc2F)CC1. The van der Waals surface area contributed by atoms with Gasteiger partial charge in [-0.3, -0.25) is 4.90 Å². The van der Waals surface area contributed by atoms with Crippen molar-refractivity contribution in [3.63, 3.8) is 0 Å². The number of carbonyl (C=O) groups is 1. The van der Waals surface area contributed by atoms with Gasteiger partial charge in [0.1, 0.15) is 6.61 Å². The molecule has 2 amide bonds. The van der Waals surface area contributed by atoms with Gasteiger partial charge < -0.3 is 15.0 Å². The van der Waals surface area contributed by atoms with Crippen molar-refractivity contribution in [1.82, 2.24) is 15.1 Å². The number of benzene rings is 1. The van der Waals surface area contributed by atoms with Crippen molar-refractivity contribution in [3.8, 4) is 5.75 Å². The average Bonchev–Trinajstić information content (AvgIpc) is 2.65. The van der Waals surface area contributed by atoms with Crippen LogP contribution in [0.3, 0.4) is 0 Å². The fourth-order valence-corrected chi connectivity index (χ4v) is 3.53. The quantitative estimate of drug-likeness (QED) is 0.889. The summed E-state index contributed by atoms with van der Waals surface area (Å²) in [6.07, 6.45) is 5.96. The van der Waals surface area contributed by atoms with Gasteiger partial charge in [-0.1, -0.05) is 31.4 Å². The fourth-order valence-electron chi connectivity index (χ4n) is 3.53. The minimum Gasteiger partial charge on any atom is -0.489 e. The second-order valence-corrected chi connectivity index (χ2v) is 6.89. The standard InChI is InChI=1S/C19H28FN3O2/c20-17-8-4-5-9-18(17)25-15-14-22-10-12-23(13-11-22)19(24)21-16-6-2-1-3-7-16/h4-5,8-9,16H,1-3,6-7,10-15H2,(H,21,24). The third-order valence-electron chi connectivity index (χ3n) is 5.09. The third kappa shape index (κ3) is 5.33. The van der Waals surface area contributed by atoms with Crippen LogP contribution < -0.4 is 10.1 Å². The molecule has 1 aliphatic heterocycles. The van der Waals surface area contributed by atoms with Crippen LogP contribution in [0.25, 0.3) is 0 Å². The number of amides is 2. The summed E-state index contributed by atoms with van der Waals surface area (Å²) in [4.78, 5) is 16.5. The molecule has 25 heavy (non-hydrogen) atoms. The topological polar surface area (TPSA) is 44.8 Å². The van der Waals surface area contributed by atoms with Gasteiger partial charge >= 0.3 is 6.03 Å². The normalized spacial score (nSPS) is 19.6. The van der Waals surface area contributed by atoms with Gasteiger partial charge in [0.2, 0.25) is 0 Å². The highest BCUT2D eigenvalue weighted by Crippen LogP contribution is 2.18. The van der Waals surface area contributed by atoms with Gasteiger partial charge in [-0.05, 0) is 25.0 Å². The van der Waals surface area contributed by atoms with E-state index in [4.69, 9.17) is 4.74 Å². The lowest BCUT2D eigenvalue weighted by molar-refractivity contribution is 0.122. The molecule has 3 rings (SSSR count). The zero-order chi connectivity index (χ0) is 17.5. The van der Waals surface area contributed by atoms with E-state index in [1.54, 1.807) is 18.2 Å². The highest BCUT2D eigenvalue weighted by Gasteiger charge is 2.23. The monoisotopic (exact) mass is 349 g/mol. The van der Waals surface area contributed by atoms with E-state index in [1.807, 2.05) is 4.90 Å². The Hall–Kier alpha value is -1.82. The van der Waals surface area contributed by atoms with E-state index in [9.17, 15) is 9.18 Å². The predicted octanol–water partition coefficient (Wildman–Crippen LogP) is 2.86. The molecule has 2 aliphatic rings. The molecule has 1 saturated heterocycles. The van der Waals surface area contributed by atoms with E-state index in [0.717, 1.165) is 45.6 Å². The van der Waals surface area contributed by atoms with Crippen LogP contribution in [-0.2, 0) is 0 Å². The smallest absolute Gasteiger partial charge is 0.317 e. The Kier molecular flexibility index (Phi) is 6.50. The molecule has 0 aromatic heterocycles. The molecule has 0 spiro atoms. The summed E-state index contributed by atoms with van der Waals surface area (Å²) in [6.45, 7) is 4.33. The summed E-state index contributed by atoms with van der Waals surface area (Å²) in [5.74, 6) is -0.0281. The number of rotatable bonds is 5. The fraction of sp³-hybridized carbons (Fsp3) is 0.632. The Bertz CT molecular complexity index is 555. The van der Waals surface area contributed by atoms with E-state index in [1.165, 1.54) is 25.3 Å². The van der Waals surface area contributed by atoms with Gasteiger partial charge in [-0.2, -0.15) is 0 Å². The van der Waals surface area contributed by atoms with Gasteiger partial charge in [-0.15, -0.1) is 0 Å². The van der Waals surface area contributed by atoms with E-state index in [0.29, 0.717) is 18.4 Å². The molecule has 1 saturated carbocycles. The minimum absolute atomic E-state index is 0.0779. The number of ether oxygens (including phenoxy) is 1. The second-order valence-electron chi connectivity index (χ2n) is 6.89. The Balaban J connectivity index is 1.34. The summed E-state index contributed by atoms with van der Waals surface area (Å²) in [7, 11) is 0. The first kappa shape index (κ1) is 18.0. The van der Waals surface area contributed by atoms with E-state index < -0.39 is 0 Å². The number of halogens is 1. The molecule has 0 atom stereocenters. The predicted molar refractivity (Wildman–Crippen MR) is 95.3 cm³/mol. The summed E-state index contributed by atoms with van der Waals surface area (Å²) >= 11 is 0. The largest absolute Gasteiger partial charge is 0.489 e. The third-order valence-corrected chi connectivity index (χ3v) is 5.09. The van der Waals surface area contributed by atoms with E-state index >= 15 is 0 Å². The van der Waals surface area contributed by atoms with Crippen LogP contribution in [0.4, 0.5) is 9.18 Å². The maximum atomic E-state index is 13.5. The highest BCUT2D eigenvalue weighted by molar-refractivity contribution is 5.74. The van der Waals surface area contributed by atoms with E-state index in [-0.39, 0.29) is 11.8 Å². The van der Waals surface area contributed by atoms with Crippen LogP contribution in [0.5, 0.6) is 5.75 Å². The molecule has 0 unspecified atom stereocenters. The number of urea groups is 1. The molecule has 5 nitrogen and oxygen atoms in total. The van der Waals surface area contributed by atoms with Crippen LogP contribution in [-0.4, -0.2) is 61.2 Å². The summed E-state index contributed by atoms with van der Waals surface area (Å²) in [6, 6.07) is 6.90. The van der Waals surface area contributed by atoms with Gasteiger partial charge in [0.15, 0.2) is 11.6 Å². The number of hydrogen-bond acceptors (Lipinski definition) is 3. The summed E-state index contributed by atoms with van der Waals surface area (Å²) in [5, 5.41) is 3.18. The maximum absolute atomic E-state index is 13.5. The number of hydrogen-bond donors (Lipinski definition) is 1. The number of para-hydroxylation sites is 1. The molecule has 1 heterocycles. The zero-order valence-electron chi connectivity index (χ0n) is 14.8. The number of carbonyl (C=O) groups excluding carboxylic acids is 1. The first-order valence-electron chi connectivity index (χ1n) is 9.37. The Morgan fingerprint density at radius 3 is 2.56 bits per heavy atom. The average molecular weight is 349 g/mol. The van der Waals surface area contributed by atoms with Crippen molar-refractivity contribution in [2.45, 2.75) is 38.1 Å². The summed E-state index contributed by atoms with van der Waals surface area (Å²) in [5.41, 5.74) is 0. The first-order chi connectivity index (χ1) is 12.2. The second kappa shape index (κ2) is 9.04. The Labute approximate surface area is 149 Å².